The minimum absolute atomic E-state index is 0.0173. The summed E-state index contributed by atoms with van der Waals surface area (Å²) in [5, 5.41) is 6.35. The maximum absolute atomic E-state index is 14.0. The highest BCUT2D eigenvalue weighted by Crippen LogP contribution is 2.40. The summed E-state index contributed by atoms with van der Waals surface area (Å²) in [6, 6.07) is 12.8. The van der Waals surface area contributed by atoms with Gasteiger partial charge >= 0.3 is 0 Å². The van der Waals surface area contributed by atoms with E-state index in [1.165, 1.54) is 5.01 Å². The Hall–Kier alpha value is -3.63. The largest absolute Gasteiger partial charge is 0.497 e. The molecule has 0 N–H and O–H groups in total. The number of hydrazone groups is 1. The van der Waals surface area contributed by atoms with Crippen molar-refractivity contribution in [3.05, 3.63) is 53.6 Å². The molecule has 1 atom stereocenters. The number of methoxy groups -OCH3 is 3. The van der Waals surface area contributed by atoms with E-state index in [-0.39, 0.29) is 24.3 Å². The number of amides is 2. The molecule has 2 aliphatic heterocycles. The normalized spacial score (nSPS) is 19.2. The lowest BCUT2D eigenvalue weighted by molar-refractivity contribution is -0.142. The molecule has 40 heavy (non-hydrogen) atoms. The molecule has 0 aromatic heterocycles. The minimum Gasteiger partial charge on any atom is -0.497 e. The van der Waals surface area contributed by atoms with E-state index in [1.807, 2.05) is 42.5 Å². The van der Waals surface area contributed by atoms with Crippen molar-refractivity contribution in [3.63, 3.8) is 0 Å². The summed E-state index contributed by atoms with van der Waals surface area (Å²) in [4.78, 5) is 31.2. The average molecular weight is 551 g/mol. The molecule has 0 spiro atoms. The molecule has 5 rings (SSSR count). The lowest BCUT2D eigenvalue weighted by Gasteiger charge is -2.31. The van der Waals surface area contributed by atoms with Crippen LogP contribution in [-0.2, 0) is 14.3 Å². The fraction of sp³-hybridized carbons (Fsp3) is 0.500. The molecule has 2 aromatic rings. The van der Waals surface area contributed by atoms with Crippen LogP contribution < -0.4 is 14.2 Å². The summed E-state index contributed by atoms with van der Waals surface area (Å²) in [6.07, 6.45) is 2.26. The van der Waals surface area contributed by atoms with Gasteiger partial charge in [-0.1, -0.05) is 0 Å². The van der Waals surface area contributed by atoms with Crippen LogP contribution in [0.3, 0.4) is 0 Å². The predicted molar refractivity (Wildman–Crippen MR) is 150 cm³/mol. The Kier molecular flexibility index (Phi) is 8.86. The summed E-state index contributed by atoms with van der Waals surface area (Å²) < 4.78 is 21.9. The number of ether oxygens (including phenoxy) is 4. The SMILES string of the molecule is COc1ccc(C2=NN(C(=O)CN(CCN3CCOCC3)C(=O)C3CC3)C(c3cc(OC)ccc3OC)C2)cc1. The fourth-order valence-corrected chi connectivity index (χ4v) is 5.22. The predicted octanol–water partition coefficient (Wildman–Crippen LogP) is 2.96. The minimum atomic E-state index is -0.410. The molecule has 10 heteroatoms. The molecular formula is C30H38N4O6. The zero-order valence-corrected chi connectivity index (χ0v) is 23.5. The van der Waals surface area contributed by atoms with E-state index >= 15 is 0 Å². The van der Waals surface area contributed by atoms with E-state index in [0.29, 0.717) is 44.2 Å². The standard InChI is InChI=1S/C30H38N4O6/c1-37-23-8-6-21(7-9-23)26-19-27(25-18-24(38-2)10-11-28(25)39-3)34(31-26)29(35)20-33(30(36)22-4-5-22)13-12-32-14-16-40-17-15-32/h6-11,18,22,27H,4-5,12-17,19-20H2,1-3H3. The smallest absolute Gasteiger partial charge is 0.262 e. The Morgan fingerprint density at radius 2 is 1.68 bits per heavy atom. The second-order valence-corrected chi connectivity index (χ2v) is 10.3. The molecule has 10 nitrogen and oxygen atoms in total. The Labute approximate surface area is 235 Å². The summed E-state index contributed by atoms with van der Waals surface area (Å²) in [5.41, 5.74) is 2.48. The third-order valence-corrected chi connectivity index (χ3v) is 7.74. The summed E-state index contributed by atoms with van der Waals surface area (Å²) in [6.45, 7) is 4.23. The highest BCUT2D eigenvalue weighted by Gasteiger charge is 2.39. The quantitative estimate of drug-likeness (QED) is 0.425. The van der Waals surface area contributed by atoms with E-state index in [4.69, 9.17) is 24.0 Å². The Morgan fingerprint density at radius 3 is 2.33 bits per heavy atom. The topological polar surface area (TPSA) is 93.1 Å². The first-order valence-electron chi connectivity index (χ1n) is 13.9. The monoisotopic (exact) mass is 550 g/mol. The molecule has 0 radical (unpaired) electrons. The van der Waals surface area contributed by atoms with Crippen LogP contribution >= 0.6 is 0 Å². The number of morpholine rings is 1. The Bertz CT molecular complexity index is 1220. The molecule has 1 aliphatic carbocycles. The van der Waals surface area contributed by atoms with E-state index in [1.54, 1.807) is 26.2 Å². The van der Waals surface area contributed by atoms with Gasteiger partial charge in [-0.25, -0.2) is 5.01 Å². The van der Waals surface area contributed by atoms with Gasteiger partial charge in [-0.2, -0.15) is 5.10 Å². The van der Waals surface area contributed by atoms with Gasteiger partial charge in [0.25, 0.3) is 5.91 Å². The molecule has 2 aromatic carbocycles. The average Bonchev–Trinajstić information content (AvgIpc) is 3.76. The van der Waals surface area contributed by atoms with E-state index in [9.17, 15) is 9.59 Å². The van der Waals surface area contributed by atoms with E-state index < -0.39 is 6.04 Å². The van der Waals surface area contributed by atoms with Crippen LogP contribution in [0.5, 0.6) is 17.2 Å². The number of benzene rings is 2. The molecule has 1 unspecified atom stereocenters. The van der Waals surface area contributed by atoms with Crippen LogP contribution in [0.25, 0.3) is 0 Å². The number of hydrogen-bond acceptors (Lipinski definition) is 8. The molecular weight excluding hydrogens is 512 g/mol. The zero-order chi connectivity index (χ0) is 28.1. The van der Waals surface area contributed by atoms with Crippen molar-refractivity contribution < 1.29 is 28.5 Å². The highest BCUT2D eigenvalue weighted by molar-refractivity contribution is 6.03. The van der Waals surface area contributed by atoms with Crippen LogP contribution in [0.15, 0.2) is 47.6 Å². The van der Waals surface area contributed by atoms with Crippen molar-refractivity contribution in [1.29, 1.82) is 0 Å². The van der Waals surface area contributed by atoms with Gasteiger partial charge in [-0.05, 0) is 60.9 Å². The van der Waals surface area contributed by atoms with Gasteiger partial charge in [-0.15, -0.1) is 0 Å². The number of nitrogens with zero attached hydrogens (tertiary/aromatic N) is 4. The van der Waals surface area contributed by atoms with E-state index in [0.717, 1.165) is 48.5 Å². The second-order valence-electron chi connectivity index (χ2n) is 10.3. The Morgan fingerprint density at radius 1 is 0.975 bits per heavy atom. The van der Waals surface area contributed by atoms with Gasteiger partial charge in [0.15, 0.2) is 0 Å². The number of carbonyl (C=O) groups is 2. The van der Waals surface area contributed by atoms with Crippen molar-refractivity contribution >= 4 is 17.5 Å². The lowest BCUT2D eigenvalue weighted by atomic mass is 9.97. The molecule has 3 aliphatic rings. The van der Waals surface area contributed by atoms with Crippen LogP contribution in [-0.4, -0.2) is 99.6 Å². The van der Waals surface area contributed by atoms with Crippen molar-refractivity contribution in [2.24, 2.45) is 11.0 Å². The molecule has 2 fully saturated rings. The molecule has 214 valence electrons. The third-order valence-electron chi connectivity index (χ3n) is 7.74. The highest BCUT2D eigenvalue weighted by atomic mass is 16.5. The number of carbonyl (C=O) groups excluding carboxylic acids is 2. The van der Waals surface area contributed by atoms with E-state index in [2.05, 4.69) is 4.90 Å². The van der Waals surface area contributed by atoms with Crippen LogP contribution in [0, 0.1) is 5.92 Å². The molecule has 2 heterocycles. The van der Waals surface area contributed by atoms with Gasteiger partial charge < -0.3 is 23.8 Å². The van der Waals surface area contributed by atoms with Gasteiger partial charge in [0.05, 0.1) is 46.3 Å². The van der Waals surface area contributed by atoms with Crippen LogP contribution in [0.1, 0.15) is 36.4 Å². The molecule has 0 bridgehead atoms. The van der Waals surface area contributed by atoms with Crippen molar-refractivity contribution in [2.45, 2.75) is 25.3 Å². The third kappa shape index (κ3) is 6.39. The Balaban J connectivity index is 1.41. The van der Waals surface area contributed by atoms with Crippen molar-refractivity contribution in [1.82, 2.24) is 14.8 Å². The second kappa shape index (κ2) is 12.7. The summed E-state index contributed by atoms with van der Waals surface area (Å²) in [5.74, 6) is 1.90. The fourth-order valence-electron chi connectivity index (χ4n) is 5.22. The van der Waals surface area contributed by atoms with Crippen LogP contribution in [0.4, 0.5) is 0 Å². The molecule has 2 amide bonds. The van der Waals surface area contributed by atoms with Gasteiger partial charge in [0.2, 0.25) is 5.91 Å². The van der Waals surface area contributed by atoms with Crippen molar-refractivity contribution in [2.75, 3.05) is 67.3 Å². The maximum Gasteiger partial charge on any atom is 0.262 e. The number of rotatable bonds is 11. The van der Waals surface area contributed by atoms with Crippen LogP contribution in [0.2, 0.25) is 0 Å². The van der Waals surface area contributed by atoms with Gasteiger partial charge in [0, 0.05) is 44.1 Å². The first-order valence-corrected chi connectivity index (χ1v) is 13.9. The first-order chi connectivity index (χ1) is 19.5. The lowest BCUT2D eigenvalue weighted by Crippen LogP contribution is -2.47. The molecule has 1 saturated carbocycles. The summed E-state index contributed by atoms with van der Waals surface area (Å²) >= 11 is 0. The number of hydrogen-bond donors (Lipinski definition) is 0. The summed E-state index contributed by atoms with van der Waals surface area (Å²) in [7, 11) is 4.85. The van der Waals surface area contributed by atoms with Crippen molar-refractivity contribution in [3.8, 4) is 17.2 Å². The maximum atomic E-state index is 14.0. The van der Waals surface area contributed by atoms with Gasteiger partial charge in [-0.3, -0.25) is 14.5 Å². The van der Waals surface area contributed by atoms with Gasteiger partial charge in [0.1, 0.15) is 23.8 Å². The zero-order valence-electron chi connectivity index (χ0n) is 23.5. The molecule has 1 saturated heterocycles. The first kappa shape index (κ1) is 27.9.